The summed E-state index contributed by atoms with van der Waals surface area (Å²) < 4.78 is 5.21. The number of benzene rings is 1. The molecule has 1 aromatic heterocycles. The van der Waals surface area contributed by atoms with Crippen molar-refractivity contribution in [1.82, 2.24) is 0 Å². The lowest BCUT2D eigenvalue weighted by molar-refractivity contribution is -0.257. The van der Waals surface area contributed by atoms with Gasteiger partial charge in [0.2, 0.25) is 0 Å². The zero-order valence-corrected chi connectivity index (χ0v) is 10.3. The van der Waals surface area contributed by atoms with Gasteiger partial charge in [-0.25, -0.2) is 0 Å². The average molecular weight is 245 g/mol. The Labute approximate surface area is 104 Å². The minimum atomic E-state index is -1.31. The fraction of sp³-hybridized carbons (Fsp3) is 0.286. The van der Waals surface area contributed by atoms with E-state index < -0.39 is 5.97 Å². The summed E-state index contributed by atoms with van der Waals surface area (Å²) in [5.74, 6) is -1.31. The summed E-state index contributed by atoms with van der Waals surface area (Å²) in [6.45, 7) is 3.24. The molecule has 18 heavy (non-hydrogen) atoms. The Morgan fingerprint density at radius 2 is 2.06 bits per heavy atom. The highest BCUT2D eigenvalue weighted by molar-refractivity contribution is 5.94. The van der Waals surface area contributed by atoms with E-state index in [4.69, 9.17) is 4.42 Å². The van der Waals surface area contributed by atoms with Gasteiger partial charge in [0.1, 0.15) is 17.3 Å². The van der Waals surface area contributed by atoms with Crippen LogP contribution >= 0.6 is 0 Å². The van der Waals surface area contributed by atoms with E-state index in [1.807, 2.05) is 12.1 Å². The smallest absolute Gasteiger partial charge is 0.153 e. The van der Waals surface area contributed by atoms with E-state index in [0.29, 0.717) is 24.0 Å². The predicted molar refractivity (Wildman–Crippen MR) is 64.3 cm³/mol. The second-order valence-corrected chi connectivity index (χ2v) is 4.38. The monoisotopic (exact) mass is 245 g/mol. The first-order valence-electron chi connectivity index (χ1n) is 5.72. The molecule has 0 aliphatic heterocycles. The Morgan fingerprint density at radius 3 is 2.67 bits per heavy atom. The maximum absolute atomic E-state index is 10.9. The molecule has 0 spiro atoms. The van der Waals surface area contributed by atoms with Crippen molar-refractivity contribution in [2.75, 3.05) is 0 Å². The third-order valence-electron chi connectivity index (χ3n) is 2.95. The Bertz CT molecular complexity index is 622. The number of carbonyl (C=O) groups is 2. The van der Waals surface area contributed by atoms with Gasteiger partial charge in [0.15, 0.2) is 5.76 Å². The Hall–Kier alpha value is -2.10. The molecule has 0 aliphatic carbocycles. The summed E-state index contributed by atoms with van der Waals surface area (Å²) in [6.07, 6.45) is 1.13. The van der Waals surface area contributed by atoms with Gasteiger partial charge in [-0.2, -0.15) is 0 Å². The third-order valence-corrected chi connectivity index (χ3v) is 2.95. The average Bonchev–Trinajstić information content (AvgIpc) is 2.64. The summed E-state index contributed by atoms with van der Waals surface area (Å²) in [5.41, 5.74) is 2.08. The molecule has 0 saturated carbocycles. The molecule has 0 N–H and O–H groups in total. The van der Waals surface area contributed by atoms with Crippen LogP contribution in [0.4, 0.5) is 0 Å². The number of rotatable bonds is 4. The fourth-order valence-electron chi connectivity index (χ4n) is 1.94. The quantitative estimate of drug-likeness (QED) is 0.820. The maximum atomic E-state index is 10.9. The van der Waals surface area contributed by atoms with Crippen LogP contribution in [0.15, 0.2) is 22.6 Å². The van der Waals surface area contributed by atoms with Crippen LogP contribution in [-0.2, 0) is 11.2 Å². The lowest BCUT2D eigenvalue weighted by atomic mass is 10.0. The summed E-state index contributed by atoms with van der Waals surface area (Å²) in [5, 5.41) is 11.6. The molecule has 1 heterocycles. The van der Waals surface area contributed by atoms with Crippen molar-refractivity contribution in [3.63, 3.8) is 0 Å². The van der Waals surface area contributed by atoms with Gasteiger partial charge in [-0.3, -0.25) is 0 Å². The number of ketones is 1. The molecule has 0 aliphatic rings. The first-order chi connectivity index (χ1) is 8.49. The standard InChI is InChI=1S/C14H14O4/c1-8(15)3-4-10-5-6-12-11(7-10)9(2)13(18-12)14(16)17/h5-7H,3-4H2,1-2H3,(H,16,17)/p-1. The summed E-state index contributed by atoms with van der Waals surface area (Å²) in [4.78, 5) is 21.8. The highest BCUT2D eigenvalue weighted by Gasteiger charge is 2.11. The van der Waals surface area contributed by atoms with Crippen molar-refractivity contribution >= 4 is 22.7 Å². The lowest BCUT2D eigenvalue weighted by Gasteiger charge is -1.99. The van der Waals surface area contributed by atoms with E-state index >= 15 is 0 Å². The number of aromatic carboxylic acids is 1. The fourth-order valence-corrected chi connectivity index (χ4v) is 1.94. The van der Waals surface area contributed by atoms with Crippen LogP contribution in [0.2, 0.25) is 0 Å². The molecule has 4 nitrogen and oxygen atoms in total. The SMILES string of the molecule is CC(=O)CCc1ccc2oc(C(=O)[O-])c(C)c2c1. The van der Waals surface area contributed by atoms with Gasteiger partial charge in [0.05, 0.1) is 0 Å². The minimum absolute atomic E-state index is 0.131. The largest absolute Gasteiger partial charge is 0.542 e. The van der Waals surface area contributed by atoms with Gasteiger partial charge < -0.3 is 19.1 Å². The molecule has 4 heteroatoms. The molecule has 0 atom stereocenters. The van der Waals surface area contributed by atoms with Gasteiger partial charge >= 0.3 is 0 Å². The normalized spacial score (nSPS) is 10.8. The van der Waals surface area contributed by atoms with Crippen molar-refractivity contribution in [2.45, 2.75) is 26.7 Å². The molecule has 2 rings (SSSR count). The van der Waals surface area contributed by atoms with E-state index in [0.717, 1.165) is 10.9 Å². The maximum Gasteiger partial charge on any atom is 0.153 e. The van der Waals surface area contributed by atoms with E-state index in [9.17, 15) is 14.7 Å². The van der Waals surface area contributed by atoms with Gasteiger partial charge in [-0.1, -0.05) is 6.07 Å². The molecule has 94 valence electrons. The van der Waals surface area contributed by atoms with Crippen LogP contribution in [0.25, 0.3) is 11.0 Å². The number of Topliss-reactive ketones (excluding diaryl/α,β-unsaturated/α-hetero) is 1. The Balaban J connectivity index is 2.41. The third kappa shape index (κ3) is 2.27. The number of hydrogen-bond acceptors (Lipinski definition) is 4. The van der Waals surface area contributed by atoms with Crippen molar-refractivity contribution in [3.05, 3.63) is 35.1 Å². The van der Waals surface area contributed by atoms with Gasteiger partial charge in [0, 0.05) is 17.4 Å². The molecule has 2 aromatic rings. The number of carboxylic acid groups (broad SMARTS) is 1. The van der Waals surface area contributed by atoms with Crippen LogP contribution in [0.3, 0.4) is 0 Å². The van der Waals surface area contributed by atoms with E-state index in [1.165, 1.54) is 0 Å². The van der Waals surface area contributed by atoms with Crippen LogP contribution in [0.5, 0.6) is 0 Å². The van der Waals surface area contributed by atoms with Crippen molar-refractivity contribution in [1.29, 1.82) is 0 Å². The number of carbonyl (C=O) groups excluding carboxylic acids is 2. The summed E-state index contributed by atoms with van der Waals surface area (Å²) in [7, 11) is 0. The lowest BCUT2D eigenvalue weighted by Crippen LogP contribution is -2.22. The zero-order chi connectivity index (χ0) is 13.3. The van der Waals surface area contributed by atoms with Crippen LogP contribution in [-0.4, -0.2) is 11.8 Å². The number of hydrogen-bond donors (Lipinski definition) is 0. The van der Waals surface area contributed by atoms with Gasteiger partial charge in [-0.15, -0.1) is 0 Å². The topological polar surface area (TPSA) is 70.3 Å². The molecule has 1 aromatic carbocycles. The molecule has 0 bridgehead atoms. The number of fused-ring (bicyclic) bond motifs is 1. The summed E-state index contributed by atoms with van der Waals surface area (Å²) >= 11 is 0. The van der Waals surface area contributed by atoms with Crippen LogP contribution in [0, 0.1) is 6.92 Å². The molecule has 0 saturated heterocycles. The van der Waals surface area contributed by atoms with Crippen molar-refractivity contribution < 1.29 is 19.1 Å². The molecule has 0 fully saturated rings. The second kappa shape index (κ2) is 4.64. The van der Waals surface area contributed by atoms with Gasteiger partial charge in [-0.05, 0) is 38.0 Å². The van der Waals surface area contributed by atoms with Crippen molar-refractivity contribution in [3.8, 4) is 0 Å². The molecule has 0 radical (unpaired) electrons. The molecular weight excluding hydrogens is 232 g/mol. The Kier molecular flexibility index (Phi) is 3.19. The first-order valence-corrected chi connectivity index (χ1v) is 5.72. The van der Waals surface area contributed by atoms with Crippen LogP contribution < -0.4 is 5.11 Å². The minimum Gasteiger partial charge on any atom is -0.542 e. The summed E-state index contributed by atoms with van der Waals surface area (Å²) in [6, 6.07) is 5.43. The van der Waals surface area contributed by atoms with E-state index in [1.54, 1.807) is 19.9 Å². The predicted octanol–water partition coefficient (Wildman–Crippen LogP) is 1.63. The van der Waals surface area contributed by atoms with Crippen LogP contribution in [0.1, 0.15) is 35.0 Å². The second-order valence-electron chi connectivity index (χ2n) is 4.38. The molecular formula is C14H13O4-. The van der Waals surface area contributed by atoms with Gasteiger partial charge in [0.25, 0.3) is 0 Å². The Morgan fingerprint density at radius 1 is 1.33 bits per heavy atom. The van der Waals surface area contributed by atoms with E-state index in [-0.39, 0.29) is 11.5 Å². The molecule has 0 unspecified atom stereocenters. The number of aryl methyl sites for hydroxylation is 2. The zero-order valence-electron chi connectivity index (χ0n) is 10.3. The first kappa shape index (κ1) is 12.4. The van der Waals surface area contributed by atoms with E-state index in [2.05, 4.69) is 0 Å². The highest BCUT2D eigenvalue weighted by Crippen LogP contribution is 2.26. The highest BCUT2D eigenvalue weighted by atomic mass is 16.4. The number of carboxylic acids is 1. The number of furan rings is 1. The molecule has 0 amide bonds. The van der Waals surface area contributed by atoms with Crippen molar-refractivity contribution in [2.24, 2.45) is 0 Å².